The highest BCUT2D eigenvalue weighted by molar-refractivity contribution is 9.10. The van der Waals surface area contributed by atoms with Crippen LogP contribution in [0.25, 0.3) is 0 Å². The van der Waals surface area contributed by atoms with Gasteiger partial charge in [0.25, 0.3) is 0 Å². The second-order valence-electron chi connectivity index (χ2n) is 3.98. The standard InChI is InChI=1S/C14H16BrNO2S/c1-17-13-6-10(12(15)7-14(13)18-2)8-16-9-11-4-3-5-19-11/h3-7,16H,8-9H2,1-2H3. The van der Waals surface area contributed by atoms with Crippen molar-refractivity contribution in [2.24, 2.45) is 0 Å². The number of hydrogen-bond donors (Lipinski definition) is 1. The van der Waals surface area contributed by atoms with Gasteiger partial charge in [0.15, 0.2) is 11.5 Å². The van der Waals surface area contributed by atoms with Crippen LogP contribution in [0.4, 0.5) is 0 Å². The van der Waals surface area contributed by atoms with Gasteiger partial charge in [0.2, 0.25) is 0 Å². The molecule has 3 nitrogen and oxygen atoms in total. The first-order valence-corrected chi connectivity index (χ1v) is 7.55. The molecule has 0 radical (unpaired) electrons. The Hall–Kier alpha value is -1.04. The van der Waals surface area contributed by atoms with E-state index in [-0.39, 0.29) is 0 Å². The van der Waals surface area contributed by atoms with E-state index in [1.807, 2.05) is 12.1 Å². The molecular formula is C14H16BrNO2S. The van der Waals surface area contributed by atoms with Gasteiger partial charge in [-0.15, -0.1) is 11.3 Å². The molecule has 102 valence electrons. The molecule has 0 saturated carbocycles. The minimum absolute atomic E-state index is 0.733. The maximum atomic E-state index is 5.31. The fraction of sp³-hybridized carbons (Fsp3) is 0.286. The summed E-state index contributed by atoms with van der Waals surface area (Å²) in [5.74, 6) is 1.48. The van der Waals surface area contributed by atoms with Crippen molar-refractivity contribution in [1.82, 2.24) is 5.32 Å². The fourth-order valence-electron chi connectivity index (χ4n) is 1.77. The van der Waals surface area contributed by atoms with Gasteiger partial charge in [-0.3, -0.25) is 0 Å². The molecule has 5 heteroatoms. The van der Waals surface area contributed by atoms with E-state index in [2.05, 4.69) is 38.8 Å². The largest absolute Gasteiger partial charge is 0.493 e. The Morgan fingerprint density at radius 1 is 1.16 bits per heavy atom. The Morgan fingerprint density at radius 2 is 1.89 bits per heavy atom. The van der Waals surface area contributed by atoms with Crippen molar-refractivity contribution in [2.45, 2.75) is 13.1 Å². The minimum Gasteiger partial charge on any atom is -0.493 e. The first kappa shape index (κ1) is 14.4. The summed E-state index contributed by atoms with van der Waals surface area (Å²) in [6, 6.07) is 8.11. The van der Waals surface area contributed by atoms with Crippen LogP contribution in [-0.4, -0.2) is 14.2 Å². The van der Waals surface area contributed by atoms with E-state index >= 15 is 0 Å². The number of thiophene rings is 1. The molecule has 0 saturated heterocycles. The van der Waals surface area contributed by atoms with Crippen LogP contribution in [0.1, 0.15) is 10.4 Å². The highest BCUT2D eigenvalue weighted by atomic mass is 79.9. The second kappa shape index (κ2) is 6.93. The van der Waals surface area contributed by atoms with E-state index in [0.717, 1.165) is 34.6 Å². The summed E-state index contributed by atoms with van der Waals surface area (Å²) >= 11 is 5.31. The average molecular weight is 342 g/mol. The van der Waals surface area contributed by atoms with Gasteiger partial charge in [-0.2, -0.15) is 0 Å². The third kappa shape index (κ3) is 3.72. The Morgan fingerprint density at radius 3 is 2.53 bits per heavy atom. The molecule has 0 spiro atoms. The second-order valence-corrected chi connectivity index (χ2v) is 5.87. The van der Waals surface area contributed by atoms with Gasteiger partial charge < -0.3 is 14.8 Å². The minimum atomic E-state index is 0.733. The van der Waals surface area contributed by atoms with Gasteiger partial charge in [-0.25, -0.2) is 0 Å². The summed E-state index contributed by atoms with van der Waals surface area (Å²) in [7, 11) is 3.29. The van der Waals surface area contributed by atoms with Gasteiger partial charge in [0, 0.05) is 22.4 Å². The van der Waals surface area contributed by atoms with Crippen LogP contribution < -0.4 is 14.8 Å². The van der Waals surface area contributed by atoms with Crippen LogP contribution in [0, 0.1) is 0 Å². The molecule has 0 bridgehead atoms. The molecule has 19 heavy (non-hydrogen) atoms. The van der Waals surface area contributed by atoms with Crippen LogP contribution in [0.5, 0.6) is 11.5 Å². The number of benzene rings is 1. The third-order valence-corrected chi connectivity index (χ3v) is 4.36. The number of hydrogen-bond acceptors (Lipinski definition) is 4. The predicted molar refractivity (Wildman–Crippen MR) is 82.1 cm³/mol. The van der Waals surface area contributed by atoms with Crippen molar-refractivity contribution < 1.29 is 9.47 Å². The molecule has 0 aliphatic carbocycles. The van der Waals surface area contributed by atoms with Gasteiger partial charge >= 0.3 is 0 Å². The van der Waals surface area contributed by atoms with Gasteiger partial charge in [-0.1, -0.05) is 22.0 Å². The molecule has 1 aromatic heterocycles. The zero-order valence-corrected chi connectivity index (χ0v) is 13.3. The van der Waals surface area contributed by atoms with E-state index in [0.29, 0.717) is 0 Å². The molecule has 0 unspecified atom stereocenters. The molecule has 0 aliphatic rings. The summed E-state index contributed by atoms with van der Waals surface area (Å²) in [6.45, 7) is 1.65. The summed E-state index contributed by atoms with van der Waals surface area (Å²) in [6.07, 6.45) is 0. The van der Waals surface area contributed by atoms with E-state index in [1.165, 1.54) is 4.88 Å². The number of rotatable bonds is 6. The molecular weight excluding hydrogens is 326 g/mol. The Bertz CT molecular complexity index is 528. The number of nitrogens with one attached hydrogen (secondary N) is 1. The lowest BCUT2D eigenvalue weighted by molar-refractivity contribution is 0.354. The zero-order chi connectivity index (χ0) is 13.7. The maximum Gasteiger partial charge on any atom is 0.161 e. The fourth-order valence-corrected chi connectivity index (χ4v) is 2.90. The van der Waals surface area contributed by atoms with Crippen molar-refractivity contribution >= 4 is 27.3 Å². The third-order valence-electron chi connectivity index (χ3n) is 2.75. The Kier molecular flexibility index (Phi) is 5.24. The highest BCUT2D eigenvalue weighted by Gasteiger charge is 2.09. The van der Waals surface area contributed by atoms with Gasteiger partial charge in [-0.05, 0) is 29.1 Å². The van der Waals surface area contributed by atoms with E-state index in [1.54, 1.807) is 25.6 Å². The van der Waals surface area contributed by atoms with Crippen molar-refractivity contribution in [3.05, 3.63) is 44.6 Å². The number of ether oxygens (including phenoxy) is 2. The first-order chi connectivity index (χ1) is 9.24. The molecule has 0 aliphatic heterocycles. The molecule has 0 fully saturated rings. The van der Waals surface area contributed by atoms with Crippen molar-refractivity contribution in [3.63, 3.8) is 0 Å². The molecule has 2 rings (SSSR count). The molecule has 1 aromatic carbocycles. The van der Waals surface area contributed by atoms with Crippen molar-refractivity contribution in [2.75, 3.05) is 14.2 Å². The SMILES string of the molecule is COc1cc(Br)c(CNCc2cccs2)cc1OC. The molecule has 0 atom stereocenters. The Balaban J connectivity index is 2.03. The summed E-state index contributed by atoms with van der Waals surface area (Å²) < 4.78 is 11.6. The Labute approximate surface area is 125 Å². The van der Waals surface area contributed by atoms with Crippen LogP contribution in [0.2, 0.25) is 0 Å². The van der Waals surface area contributed by atoms with Crippen molar-refractivity contribution in [1.29, 1.82) is 0 Å². The van der Waals surface area contributed by atoms with Gasteiger partial charge in [0.1, 0.15) is 0 Å². The quantitative estimate of drug-likeness (QED) is 0.866. The number of methoxy groups -OCH3 is 2. The lowest BCUT2D eigenvalue weighted by Crippen LogP contribution is -2.12. The lowest BCUT2D eigenvalue weighted by Gasteiger charge is -2.12. The normalized spacial score (nSPS) is 10.5. The summed E-state index contributed by atoms with van der Waals surface area (Å²) in [5, 5.41) is 5.50. The van der Waals surface area contributed by atoms with E-state index in [9.17, 15) is 0 Å². The van der Waals surface area contributed by atoms with Crippen LogP contribution in [0.3, 0.4) is 0 Å². The topological polar surface area (TPSA) is 30.5 Å². The number of halogens is 1. The van der Waals surface area contributed by atoms with Crippen LogP contribution >= 0.6 is 27.3 Å². The predicted octanol–water partition coefficient (Wildman–Crippen LogP) is 3.82. The van der Waals surface area contributed by atoms with Crippen LogP contribution in [-0.2, 0) is 13.1 Å². The van der Waals surface area contributed by atoms with E-state index in [4.69, 9.17) is 9.47 Å². The van der Waals surface area contributed by atoms with Crippen molar-refractivity contribution in [3.8, 4) is 11.5 Å². The zero-order valence-electron chi connectivity index (χ0n) is 10.9. The van der Waals surface area contributed by atoms with E-state index < -0.39 is 0 Å². The molecule has 1 N–H and O–H groups in total. The maximum absolute atomic E-state index is 5.31. The van der Waals surface area contributed by atoms with Gasteiger partial charge in [0.05, 0.1) is 14.2 Å². The first-order valence-electron chi connectivity index (χ1n) is 5.88. The molecule has 1 heterocycles. The average Bonchev–Trinajstić information content (AvgIpc) is 2.93. The smallest absolute Gasteiger partial charge is 0.161 e. The lowest BCUT2D eigenvalue weighted by atomic mass is 10.2. The summed E-state index contributed by atoms with van der Waals surface area (Å²) in [5.41, 5.74) is 1.15. The summed E-state index contributed by atoms with van der Waals surface area (Å²) in [4.78, 5) is 1.33. The molecule has 2 aromatic rings. The monoisotopic (exact) mass is 341 g/mol. The van der Waals surface area contributed by atoms with Crippen LogP contribution in [0.15, 0.2) is 34.1 Å². The highest BCUT2D eigenvalue weighted by Crippen LogP contribution is 2.33. The molecule has 0 amide bonds.